The van der Waals surface area contributed by atoms with E-state index in [0.717, 1.165) is 36.8 Å². The molecule has 0 radical (unpaired) electrons. The molecule has 0 aliphatic rings. The summed E-state index contributed by atoms with van der Waals surface area (Å²) < 4.78 is 27.9. The average molecular weight is 448 g/mol. The van der Waals surface area contributed by atoms with Gasteiger partial charge in [0, 0.05) is 23.0 Å². The molecule has 0 N–H and O–H groups in total. The summed E-state index contributed by atoms with van der Waals surface area (Å²) in [7, 11) is -3.37. The Kier molecular flexibility index (Phi) is 8.30. The van der Waals surface area contributed by atoms with Crippen molar-refractivity contribution in [1.82, 2.24) is 4.31 Å². The van der Waals surface area contributed by atoms with Crippen molar-refractivity contribution in [2.45, 2.75) is 31.4 Å². The first-order chi connectivity index (χ1) is 14.0. The van der Waals surface area contributed by atoms with E-state index in [9.17, 15) is 8.42 Å². The largest absolute Gasteiger partial charge is 0.218 e. The Bertz CT molecular complexity index is 973. The van der Waals surface area contributed by atoms with Crippen LogP contribution >= 0.6 is 22.9 Å². The van der Waals surface area contributed by atoms with Gasteiger partial charge in [-0.2, -0.15) is 0 Å². The SMILES string of the molecule is O=S(=O)(Cc1ccccc1)N(CCCc1cccc(Cl)c1)CCCc1cccs1. The van der Waals surface area contributed by atoms with Crippen LogP contribution in [0.5, 0.6) is 0 Å². The summed E-state index contributed by atoms with van der Waals surface area (Å²) in [4.78, 5) is 1.30. The van der Waals surface area contributed by atoms with Crippen molar-refractivity contribution >= 4 is 33.0 Å². The van der Waals surface area contributed by atoms with Gasteiger partial charge in [0.1, 0.15) is 0 Å². The molecule has 3 rings (SSSR count). The van der Waals surface area contributed by atoms with Gasteiger partial charge >= 0.3 is 0 Å². The maximum absolute atomic E-state index is 13.1. The van der Waals surface area contributed by atoms with Gasteiger partial charge in [-0.15, -0.1) is 11.3 Å². The first kappa shape index (κ1) is 22.0. The quantitative estimate of drug-likeness (QED) is 0.372. The third-order valence-electron chi connectivity index (χ3n) is 4.76. The molecule has 0 unspecified atom stereocenters. The van der Waals surface area contributed by atoms with Crippen LogP contribution in [0.4, 0.5) is 0 Å². The van der Waals surface area contributed by atoms with E-state index in [4.69, 9.17) is 11.6 Å². The van der Waals surface area contributed by atoms with Crippen molar-refractivity contribution in [1.29, 1.82) is 0 Å². The van der Waals surface area contributed by atoms with E-state index >= 15 is 0 Å². The second-order valence-corrected chi connectivity index (χ2v) is 10.5. The summed E-state index contributed by atoms with van der Waals surface area (Å²) >= 11 is 7.78. The molecule has 0 amide bonds. The Balaban J connectivity index is 1.62. The number of aryl methyl sites for hydroxylation is 2. The van der Waals surface area contributed by atoms with Crippen molar-refractivity contribution < 1.29 is 8.42 Å². The molecular weight excluding hydrogens is 422 g/mol. The highest BCUT2D eigenvalue weighted by Gasteiger charge is 2.22. The summed E-state index contributed by atoms with van der Waals surface area (Å²) in [6, 6.07) is 21.3. The Morgan fingerprint density at radius 1 is 0.828 bits per heavy atom. The molecule has 0 atom stereocenters. The second-order valence-electron chi connectivity index (χ2n) is 7.06. The molecule has 0 spiro atoms. The van der Waals surface area contributed by atoms with Gasteiger partial charge in [0.25, 0.3) is 0 Å². The highest BCUT2D eigenvalue weighted by atomic mass is 35.5. The molecule has 1 heterocycles. The van der Waals surface area contributed by atoms with Crippen LogP contribution in [0.1, 0.15) is 28.8 Å². The van der Waals surface area contributed by atoms with Crippen molar-refractivity contribution in [3.8, 4) is 0 Å². The van der Waals surface area contributed by atoms with Crippen molar-refractivity contribution in [2.75, 3.05) is 13.1 Å². The molecule has 2 aromatic carbocycles. The zero-order chi connectivity index (χ0) is 20.5. The zero-order valence-corrected chi connectivity index (χ0v) is 18.7. The van der Waals surface area contributed by atoms with Crippen LogP contribution in [-0.4, -0.2) is 25.8 Å². The minimum atomic E-state index is -3.37. The van der Waals surface area contributed by atoms with Gasteiger partial charge in [0.05, 0.1) is 5.75 Å². The fourth-order valence-corrected chi connectivity index (χ4v) is 5.88. The van der Waals surface area contributed by atoms with Gasteiger partial charge in [0.2, 0.25) is 10.0 Å². The smallest absolute Gasteiger partial charge is 0.212 e. The van der Waals surface area contributed by atoms with E-state index in [-0.39, 0.29) is 5.75 Å². The number of benzene rings is 2. The topological polar surface area (TPSA) is 37.4 Å². The summed E-state index contributed by atoms with van der Waals surface area (Å²) in [5, 5.41) is 2.77. The molecular formula is C23H26ClNO2S2. The number of sulfonamides is 1. The number of hydrogen-bond donors (Lipinski definition) is 0. The molecule has 29 heavy (non-hydrogen) atoms. The van der Waals surface area contributed by atoms with Gasteiger partial charge in [-0.25, -0.2) is 12.7 Å². The van der Waals surface area contributed by atoms with Gasteiger partial charge in [0.15, 0.2) is 0 Å². The Morgan fingerprint density at radius 2 is 1.55 bits per heavy atom. The second kappa shape index (κ2) is 10.9. The van der Waals surface area contributed by atoms with Crippen LogP contribution in [-0.2, 0) is 28.6 Å². The van der Waals surface area contributed by atoms with Gasteiger partial charge in [-0.05, 0) is 60.4 Å². The highest BCUT2D eigenvalue weighted by molar-refractivity contribution is 7.88. The monoisotopic (exact) mass is 447 g/mol. The molecule has 1 aromatic heterocycles. The lowest BCUT2D eigenvalue weighted by Gasteiger charge is -2.22. The molecule has 0 fully saturated rings. The predicted octanol–water partition coefficient (Wildman–Crippen LogP) is 5.80. The molecule has 0 saturated carbocycles. The fourth-order valence-electron chi connectivity index (χ4n) is 3.30. The van der Waals surface area contributed by atoms with Crippen LogP contribution < -0.4 is 0 Å². The summed E-state index contributed by atoms with van der Waals surface area (Å²) in [5.41, 5.74) is 1.96. The zero-order valence-electron chi connectivity index (χ0n) is 16.3. The molecule has 0 saturated heterocycles. The molecule has 0 aliphatic heterocycles. The van der Waals surface area contributed by atoms with Crippen LogP contribution in [0.25, 0.3) is 0 Å². The fraction of sp³-hybridized carbons (Fsp3) is 0.304. The number of rotatable bonds is 11. The van der Waals surface area contributed by atoms with E-state index in [1.807, 2.05) is 60.7 Å². The van der Waals surface area contributed by atoms with Gasteiger partial charge < -0.3 is 0 Å². The summed E-state index contributed by atoms with van der Waals surface area (Å²) in [5.74, 6) is 0.0456. The summed E-state index contributed by atoms with van der Waals surface area (Å²) in [6.45, 7) is 1.06. The molecule has 0 bridgehead atoms. The van der Waals surface area contributed by atoms with E-state index in [0.29, 0.717) is 18.1 Å². The number of hydrogen-bond acceptors (Lipinski definition) is 3. The minimum absolute atomic E-state index is 0.0456. The normalized spacial score (nSPS) is 11.8. The van der Waals surface area contributed by atoms with Crippen LogP contribution in [0.2, 0.25) is 5.02 Å². The molecule has 0 aliphatic carbocycles. The van der Waals surface area contributed by atoms with E-state index in [1.54, 1.807) is 15.6 Å². The average Bonchev–Trinajstić information content (AvgIpc) is 3.21. The number of nitrogens with zero attached hydrogens (tertiary/aromatic N) is 1. The third-order valence-corrected chi connectivity index (χ3v) is 7.78. The predicted molar refractivity (Wildman–Crippen MR) is 123 cm³/mol. The number of halogens is 1. The molecule has 3 nitrogen and oxygen atoms in total. The lowest BCUT2D eigenvalue weighted by atomic mass is 10.1. The number of thiophene rings is 1. The molecule has 3 aromatic rings. The van der Waals surface area contributed by atoms with E-state index in [2.05, 4.69) is 11.4 Å². The van der Waals surface area contributed by atoms with Crippen LogP contribution in [0, 0.1) is 0 Å². The maximum atomic E-state index is 13.1. The first-order valence-electron chi connectivity index (χ1n) is 9.81. The maximum Gasteiger partial charge on any atom is 0.218 e. The lowest BCUT2D eigenvalue weighted by Crippen LogP contribution is -2.34. The first-order valence-corrected chi connectivity index (χ1v) is 12.7. The highest BCUT2D eigenvalue weighted by Crippen LogP contribution is 2.17. The summed E-state index contributed by atoms with van der Waals surface area (Å²) in [6.07, 6.45) is 3.31. The van der Waals surface area contributed by atoms with Crippen molar-refractivity contribution in [3.05, 3.63) is 93.1 Å². The Labute approximate surface area is 183 Å². The van der Waals surface area contributed by atoms with Gasteiger partial charge in [-0.3, -0.25) is 0 Å². The standard InChI is InChI=1S/C23H26ClNO2S2/c24-22-12-4-10-20(18-22)11-5-15-25(16-6-13-23-14-7-17-28-23)29(26,27)19-21-8-2-1-3-9-21/h1-4,7-10,12,14,17-18H,5-6,11,13,15-16,19H2. The Morgan fingerprint density at radius 3 is 2.24 bits per heavy atom. The van der Waals surface area contributed by atoms with Crippen LogP contribution in [0.15, 0.2) is 72.1 Å². The Hall–Kier alpha value is -1.66. The van der Waals surface area contributed by atoms with Crippen LogP contribution in [0.3, 0.4) is 0 Å². The van der Waals surface area contributed by atoms with Crippen molar-refractivity contribution in [3.63, 3.8) is 0 Å². The van der Waals surface area contributed by atoms with E-state index < -0.39 is 10.0 Å². The lowest BCUT2D eigenvalue weighted by molar-refractivity contribution is 0.398. The minimum Gasteiger partial charge on any atom is -0.212 e. The third kappa shape index (κ3) is 7.27. The molecule has 6 heteroatoms. The van der Waals surface area contributed by atoms with Gasteiger partial charge in [-0.1, -0.05) is 60.1 Å². The van der Waals surface area contributed by atoms with Crippen molar-refractivity contribution in [2.24, 2.45) is 0 Å². The molecule has 154 valence electrons. The van der Waals surface area contributed by atoms with E-state index in [1.165, 1.54) is 4.88 Å².